The van der Waals surface area contributed by atoms with Crippen molar-refractivity contribution in [3.05, 3.63) is 59.7 Å². The number of likely N-dealkylation sites (N-methyl/N-ethyl adjacent to an activating group) is 1. The molecule has 2 rings (SSSR count). The molecule has 0 fully saturated rings. The van der Waals surface area contributed by atoms with Gasteiger partial charge in [0.2, 0.25) is 0 Å². The third kappa shape index (κ3) is 5.34. The number of amides is 2. The first-order valence-corrected chi connectivity index (χ1v) is 7.94. The highest BCUT2D eigenvalue weighted by atomic mass is 16.5. The smallest absolute Gasteiger partial charge is 0.271 e. The monoisotopic (exact) mass is 355 g/mol. The number of benzene rings is 2. The number of hydrazone groups is 1. The number of carbonyl (C=O) groups excluding carboxylic acids is 2. The molecule has 0 bridgehead atoms. The number of phenolic OH excluding ortho intramolecular Hbond substituents is 1. The van der Waals surface area contributed by atoms with Crippen molar-refractivity contribution in [2.45, 2.75) is 6.92 Å². The van der Waals surface area contributed by atoms with Crippen molar-refractivity contribution in [1.82, 2.24) is 10.3 Å². The number of hydrogen-bond donors (Lipinski definition) is 2. The Morgan fingerprint density at radius 3 is 2.19 bits per heavy atom. The van der Waals surface area contributed by atoms with Gasteiger partial charge >= 0.3 is 0 Å². The van der Waals surface area contributed by atoms with Gasteiger partial charge in [0.25, 0.3) is 11.8 Å². The Labute approximate surface area is 151 Å². The van der Waals surface area contributed by atoms with E-state index in [2.05, 4.69) is 10.5 Å². The zero-order chi connectivity index (χ0) is 19.1. The number of phenols is 1. The molecule has 26 heavy (non-hydrogen) atoms. The highest BCUT2D eigenvalue weighted by Gasteiger charge is 2.07. The van der Waals surface area contributed by atoms with E-state index < -0.39 is 0 Å². The van der Waals surface area contributed by atoms with E-state index in [9.17, 15) is 14.7 Å². The van der Waals surface area contributed by atoms with Crippen LogP contribution in [0.3, 0.4) is 0 Å². The van der Waals surface area contributed by atoms with Crippen LogP contribution in [-0.2, 0) is 4.79 Å². The maximum absolute atomic E-state index is 12.0. The third-order valence-electron chi connectivity index (χ3n) is 3.59. The largest absolute Gasteiger partial charge is 0.508 e. The highest BCUT2D eigenvalue weighted by molar-refractivity contribution is 6.00. The molecule has 0 aliphatic rings. The number of aromatic hydroxyl groups is 1. The third-order valence-corrected chi connectivity index (χ3v) is 3.59. The molecule has 2 aromatic carbocycles. The van der Waals surface area contributed by atoms with Gasteiger partial charge in [-0.3, -0.25) is 9.59 Å². The van der Waals surface area contributed by atoms with E-state index in [1.807, 2.05) is 0 Å². The molecule has 0 heterocycles. The van der Waals surface area contributed by atoms with Crippen LogP contribution < -0.4 is 10.2 Å². The lowest BCUT2D eigenvalue weighted by atomic mass is 10.1. The lowest BCUT2D eigenvalue weighted by Crippen LogP contribution is -2.27. The molecule has 7 heteroatoms. The second kappa shape index (κ2) is 8.66. The Bertz CT molecular complexity index is 797. The van der Waals surface area contributed by atoms with E-state index in [1.54, 1.807) is 45.3 Å². The maximum Gasteiger partial charge on any atom is 0.271 e. The molecule has 136 valence electrons. The quantitative estimate of drug-likeness (QED) is 0.613. The molecule has 0 saturated carbocycles. The van der Waals surface area contributed by atoms with E-state index in [1.165, 1.54) is 29.2 Å². The van der Waals surface area contributed by atoms with Crippen molar-refractivity contribution in [2.75, 3.05) is 20.7 Å². The van der Waals surface area contributed by atoms with Crippen molar-refractivity contribution >= 4 is 17.5 Å². The molecule has 0 aliphatic heterocycles. The van der Waals surface area contributed by atoms with E-state index in [4.69, 9.17) is 4.74 Å². The van der Waals surface area contributed by atoms with Crippen LogP contribution >= 0.6 is 0 Å². The van der Waals surface area contributed by atoms with Crippen LogP contribution in [0.15, 0.2) is 53.6 Å². The summed E-state index contributed by atoms with van der Waals surface area (Å²) in [5.41, 5.74) is 4.29. The number of rotatable bonds is 6. The Morgan fingerprint density at radius 1 is 1.04 bits per heavy atom. The van der Waals surface area contributed by atoms with Crippen molar-refractivity contribution in [2.24, 2.45) is 5.10 Å². The van der Waals surface area contributed by atoms with Gasteiger partial charge in [-0.2, -0.15) is 5.10 Å². The lowest BCUT2D eigenvalue weighted by Gasteiger charge is -2.11. The highest BCUT2D eigenvalue weighted by Crippen LogP contribution is 2.13. The van der Waals surface area contributed by atoms with Gasteiger partial charge < -0.3 is 14.7 Å². The molecule has 0 saturated heterocycles. The van der Waals surface area contributed by atoms with Crippen LogP contribution in [0.5, 0.6) is 11.5 Å². The van der Waals surface area contributed by atoms with Crippen LogP contribution in [0, 0.1) is 0 Å². The van der Waals surface area contributed by atoms with Crippen molar-refractivity contribution < 1.29 is 19.4 Å². The van der Waals surface area contributed by atoms with E-state index in [0.29, 0.717) is 17.0 Å². The molecule has 0 unspecified atom stereocenters. The van der Waals surface area contributed by atoms with Crippen LogP contribution in [0.2, 0.25) is 0 Å². The fraction of sp³-hybridized carbons (Fsp3) is 0.211. The second-order valence-electron chi connectivity index (χ2n) is 5.79. The maximum atomic E-state index is 12.0. The topological polar surface area (TPSA) is 91.2 Å². The first kappa shape index (κ1) is 19.0. The SMILES string of the molecule is C/C(=N\NC(=O)c1ccc(O)cc1)c1ccc(OCC(=O)N(C)C)cc1. The first-order chi connectivity index (χ1) is 12.4. The normalized spacial score (nSPS) is 11.0. The summed E-state index contributed by atoms with van der Waals surface area (Å²) in [6.07, 6.45) is 0. The Balaban J connectivity index is 1.95. The molecule has 2 N–H and O–H groups in total. The second-order valence-corrected chi connectivity index (χ2v) is 5.79. The zero-order valence-corrected chi connectivity index (χ0v) is 14.9. The summed E-state index contributed by atoms with van der Waals surface area (Å²) in [5, 5.41) is 13.3. The van der Waals surface area contributed by atoms with E-state index >= 15 is 0 Å². The fourth-order valence-corrected chi connectivity index (χ4v) is 1.94. The summed E-state index contributed by atoms with van der Waals surface area (Å²) in [6, 6.07) is 12.9. The molecular weight excluding hydrogens is 334 g/mol. The summed E-state index contributed by atoms with van der Waals surface area (Å²) >= 11 is 0. The number of hydrogen-bond acceptors (Lipinski definition) is 5. The van der Waals surface area contributed by atoms with Crippen molar-refractivity contribution in [3.63, 3.8) is 0 Å². The molecule has 0 radical (unpaired) electrons. The molecule has 2 amide bonds. The summed E-state index contributed by atoms with van der Waals surface area (Å²) in [5.74, 6) is 0.177. The van der Waals surface area contributed by atoms with Gasteiger partial charge in [-0.1, -0.05) is 0 Å². The average molecular weight is 355 g/mol. The van der Waals surface area contributed by atoms with Gasteiger partial charge in [-0.25, -0.2) is 5.43 Å². The molecule has 0 atom stereocenters. The predicted octanol–water partition coefficient (Wildman–Crippen LogP) is 2.01. The minimum absolute atomic E-state index is 0.0257. The zero-order valence-electron chi connectivity index (χ0n) is 14.9. The molecular formula is C19H21N3O4. The van der Waals surface area contributed by atoms with Crippen LogP contribution in [0.1, 0.15) is 22.8 Å². The van der Waals surface area contributed by atoms with Crippen LogP contribution in [0.4, 0.5) is 0 Å². The summed E-state index contributed by atoms with van der Waals surface area (Å²) in [7, 11) is 3.34. The number of carbonyl (C=O) groups is 2. The van der Waals surface area contributed by atoms with Crippen molar-refractivity contribution in [1.29, 1.82) is 0 Å². The average Bonchev–Trinajstić information content (AvgIpc) is 2.64. The van der Waals surface area contributed by atoms with Gasteiger partial charge in [0.1, 0.15) is 11.5 Å². The summed E-state index contributed by atoms with van der Waals surface area (Å²) in [6.45, 7) is 1.74. The first-order valence-electron chi connectivity index (χ1n) is 7.94. The van der Waals surface area contributed by atoms with E-state index in [0.717, 1.165) is 5.56 Å². The Hall–Kier alpha value is -3.35. The molecule has 7 nitrogen and oxygen atoms in total. The summed E-state index contributed by atoms with van der Waals surface area (Å²) < 4.78 is 5.41. The molecule has 0 aliphatic carbocycles. The summed E-state index contributed by atoms with van der Waals surface area (Å²) in [4.78, 5) is 25.0. The van der Waals surface area contributed by atoms with Gasteiger partial charge in [0.15, 0.2) is 6.61 Å². The minimum Gasteiger partial charge on any atom is -0.508 e. The minimum atomic E-state index is -0.369. The van der Waals surface area contributed by atoms with Gasteiger partial charge in [-0.05, 0) is 61.0 Å². The molecule has 0 aromatic heterocycles. The lowest BCUT2D eigenvalue weighted by molar-refractivity contribution is -0.130. The predicted molar refractivity (Wildman–Crippen MR) is 98.4 cm³/mol. The Morgan fingerprint density at radius 2 is 1.62 bits per heavy atom. The van der Waals surface area contributed by atoms with Gasteiger partial charge in [-0.15, -0.1) is 0 Å². The molecule has 2 aromatic rings. The number of ether oxygens (including phenoxy) is 1. The number of nitrogens with zero attached hydrogens (tertiary/aromatic N) is 2. The van der Waals surface area contributed by atoms with E-state index in [-0.39, 0.29) is 24.2 Å². The van der Waals surface area contributed by atoms with Crippen LogP contribution in [-0.4, -0.2) is 48.2 Å². The fourth-order valence-electron chi connectivity index (χ4n) is 1.94. The molecule has 0 spiro atoms. The number of nitrogens with one attached hydrogen (secondary N) is 1. The van der Waals surface area contributed by atoms with Gasteiger partial charge in [0.05, 0.1) is 5.71 Å². The standard InChI is InChI=1S/C19H21N3O4/c1-13(20-21-19(25)15-4-8-16(23)9-5-15)14-6-10-17(11-7-14)26-12-18(24)22(2)3/h4-11,23H,12H2,1-3H3,(H,21,25)/b20-13+. The van der Waals surface area contributed by atoms with Crippen LogP contribution in [0.25, 0.3) is 0 Å². The Kier molecular flexibility index (Phi) is 6.32. The van der Waals surface area contributed by atoms with Gasteiger partial charge in [0, 0.05) is 19.7 Å². The van der Waals surface area contributed by atoms with Crippen molar-refractivity contribution in [3.8, 4) is 11.5 Å².